The maximum absolute atomic E-state index is 12.9. The molecule has 25 heavy (non-hydrogen) atoms. The molecule has 0 spiro atoms. The van der Waals surface area contributed by atoms with Gasteiger partial charge < -0.3 is 10.2 Å². The fraction of sp³-hybridized carbons (Fsp3) is 0.905. The topological polar surface area (TPSA) is 49.4 Å². The Kier molecular flexibility index (Phi) is 4.81. The van der Waals surface area contributed by atoms with Crippen molar-refractivity contribution in [3.8, 4) is 0 Å². The van der Waals surface area contributed by atoms with Gasteiger partial charge in [-0.3, -0.25) is 9.59 Å². The average molecular weight is 347 g/mol. The van der Waals surface area contributed by atoms with Crippen molar-refractivity contribution in [2.75, 3.05) is 13.6 Å². The van der Waals surface area contributed by atoms with Crippen LogP contribution >= 0.6 is 0 Å². The molecule has 0 aliphatic heterocycles. The third kappa shape index (κ3) is 3.46. The molecule has 5 aliphatic rings. The summed E-state index contributed by atoms with van der Waals surface area (Å²) in [5.41, 5.74) is -0.0902. The lowest BCUT2D eigenvalue weighted by Crippen LogP contribution is -2.54. The maximum Gasteiger partial charge on any atom is 0.226 e. The summed E-state index contributed by atoms with van der Waals surface area (Å²) in [5, 5.41) is 3.14. The van der Waals surface area contributed by atoms with Crippen LogP contribution in [0.25, 0.3) is 0 Å². The summed E-state index contributed by atoms with van der Waals surface area (Å²) in [7, 11) is 1.94. The van der Waals surface area contributed by atoms with E-state index >= 15 is 0 Å². The second-order valence-electron chi connectivity index (χ2n) is 9.50. The molecule has 2 amide bonds. The number of hydrogen-bond acceptors (Lipinski definition) is 2. The van der Waals surface area contributed by atoms with E-state index in [0.29, 0.717) is 19.0 Å². The predicted molar refractivity (Wildman–Crippen MR) is 97.9 cm³/mol. The van der Waals surface area contributed by atoms with Crippen molar-refractivity contribution in [1.82, 2.24) is 10.2 Å². The van der Waals surface area contributed by atoms with Crippen molar-refractivity contribution in [3.05, 3.63) is 0 Å². The van der Waals surface area contributed by atoms with Crippen LogP contribution in [0, 0.1) is 23.2 Å². The van der Waals surface area contributed by atoms with E-state index in [0.717, 1.165) is 49.9 Å². The molecule has 4 heteroatoms. The van der Waals surface area contributed by atoms with Crippen LogP contribution in [0.3, 0.4) is 0 Å². The summed E-state index contributed by atoms with van der Waals surface area (Å²) in [6.45, 7) is 0.510. The third-order valence-electron chi connectivity index (χ3n) is 7.66. The van der Waals surface area contributed by atoms with Gasteiger partial charge in [0.15, 0.2) is 0 Å². The summed E-state index contributed by atoms with van der Waals surface area (Å²) >= 11 is 0. The highest BCUT2D eigenvalue weighted by molar-refractivity contribution is 5.84. The van der Waals surface area contributed by atoms with Crippen molar-refractivity contribution in [3.63, 3.8) is 0 Å². The molecule has 5 rings (SSSR count). The van der Waals surface area contributed by atoms with E-state index in [2.05, 4.69) is 5.32 Å². The Hall–Kier alpha value is -1.06. The molecule has 140 valence electrons. The second-order valence-corrected chi connectivity index (χ2v) is 9.50. The lowest BCUT2D eigenvalue weighted by atomic mass is 9.49. The number of hydrogen-bond donors (Lipinski definition) is 1. The van der Waals surface area contributed by atoms with Gasteiger partial charge in [-0.05, 0) is 69.1 Å². The standard InChI is InChI=1S/C21H34N2O2/c1-23(18-5-3-2-4-6-18)19(24)7-8-22-20(25)21-12-15-9-16(13-21)11-17(10-15)14-21/h15-18H,2-14H2,1H3,(H,22,25). The molecule has 0 saturated heterocycles. The van der Waals surface area contributed by atoms with Crippen LogP contribution in [0.1, 0.15) is 77.0 Å². The van der Waals surface area contributed by atoms with Crippen LogP contribution < -0.4 is 5.32 Å². The zero-order valence-corrected chi connectivity index (χ0v) is 15.8. The first-order valence-electron chi connectivity index (χ1n) is 10.6. The Morgan fingerprint density at radius 2 is 1.52 bits per heavy atom. The molecule has 0 aromatic rings. The summed E-state index contributed by atoms with van der Waals surface area (Å²) in [5.74, 6) is 2.81. The minimum absolute atomic E-state index is 0.0902. The molecule has 4 bridgehead atoms. The van der Waals surface area contributed by atoms with Gasteiger partial charge in [-0.15, -0.1) is 0 Å². The Balaban J connectivity index is 1.26. The fourth-order valence-electron chi connectivity index (χ4n) is 6.71. The first-order chi connectivity index (χ1) is 12.1. The van der Waals surface area contributed by atoms with Gasteiger partial charge in [0.05, 0.1) is 0 Å². The van der Waals surface area contributed by atoms with Crippen LogP contribution in [-0.2, 0) is 9.59 Å². The number of nitrogens with one attached hydrogen (secondary N) is 1. The Labute approximate surface area is 152 Å². The molecule has 5 saturated carbocycles. The first kappa shape index (κ1) is 17.4. The van der Waals surface area contributed by atoms with Crippen molar-refractivity contribution < 1.29 is 9.59 Å². The number of nitrogens with zero attached hydrogens (tertiary/aromatic N) is 1. The monoisotopic (exact) mass is 346 g/mol. The van der Waals surface area contributed by atoms with Crippen molar-refractivity contribution in [2.45, 2.75) is 83.1 Å². The molecule has 1 N–H and O–H groups in total. The number of carbonyl (C=O) groups is 2. The molecule has 0 aromatic heterocycles. The molecule has 0 radical (unpaired) electrons. The van der Waals surface area contributed by atoms with Gasteiger partial charge in [-0.1, -0.05) is 19.3 Å². The van der Waals surface area contributed by atoms with E-state index in [9.17, 15) is 9.59 Å². The van der Waals surface area contributed by atoms with Gasteiger partial charge in [-0.25, -0.2) is 0 Å². The largest absolute Gasteiger partial charge is 0.355 e. The van der Waals surface area contributed by atoms with Gasteiger partial charge >= 0.3 is 0 Å². The zero-order chi connectivity index (χ0) is 17.4. The fourth-order valence-corrected chi connectivity index (χ4v) is 6.71. The molecular weight excluding hydrogens is 312 g/mol. The van der Waals surface area contributed by atoms with Gasteiger partial charge in [0.2, 0.25) is 11.8 Å². The second kappa shape index (κ2) is 6.92. The number of carbonyl (C=O) groups excluding carboxylic acids is 2. The summed E-state index contributed by atoms with van der Waals surface area (Å²) in [6, 6.07) is 0.417. The van der Waals surface area contributed by atoms with Crippen LogP contribution in [-0.4, -0.2) is 36.3 Å². The Morgan fingerprint density at radius 3 is 2.08 bits per heavy atom. The van der Waals surface area contributed by atoms with Gasteiger partial charge in [-0.2, -0.15) is 0 Å². The molecule has 0 heterocycles. The SMILES string of the molecule is CN(C(=O)CCNC(=O)C12CC3CC(CC(C3)C1)C2)C1CCCCC1. The van der Waals surface area contributed by atoms with Gasteiger partial charge in [0.1, 0.15) is 0 Å². The van der Waals surface area contributed by atoms with Crippen molar-refractivity contribution in [1.29, 1.82) is 0 Å². The van der Waals surface area contributed by atoms with E-state index in [1.807, 2.05) is 11.9 Å². The summed E-state index contributed by atoms with van der Waals surface area (Å²) < 4.78 is 0. The lowest BCUT2D eigenvalue weighted by Gasteiger charge is -2.55. The van der Waals surface area contributed by atoms with E-state index in [-0.39, 0.29) is 17.2 Å². The molecule has 5 fully saturated rings. The molecule has 5 aliphatic carbocycles. The molecular formula is C21H34N2O2. The van der Waals surface area contributed by atoms with Crippen LogP contribution in [0.4, 0.5) is 0 Å². The summed E-state index contributed by atoms with van der Waals surface area (Å²) in [6.07, 6.45) is 13.9. The van der Waals surface area contributed by atoms with Crippen LogP contribution in [0.2, 0.25) is 0 Å². The Bertz CT molecular complexity index is 489. The van der Waals surface area contributed by atoms with Gasteiger partial charge in [0, 0.05) is 31.5 Å². The highest BCUT2D eigenvalue weighted by Gasteiger charge is 2.54. The van der Waals surface area contributed by atoms with Crippen LogP contribution in [0.5, 0.6) is 0 Å². The van der Waals surface area contributed by atoms with E-state index in [4.69, 9.17) is 0 Å². The minimum Gasteiger partial charge on any atom is -0.355 e. The average Bonchev–Trinajstić information content (AvgIpc) is 2.60. The van der Waals surface area contributed by atoms with E-state index in [1.165, 1.54) is 38.5 Å². The highest BCUT2D eigenvalue weighted by atomic mass is 16.2. The van der Waals surface area contributed by atoms with Crippen molar-refractivity contribution >= 4 is 11.8 Å². The van der Waals surface area contributed by atoms with E-state index < -0.39 is 0 Å². The Morgan fingerprint density at radius 1 is 0.960 bits per heavy atom. The molecule has 4 nitrogen and oxygen atoms in total. The number of rotatable bonds is 5. The summed E-state index contributed by atoms with van der Waals surface area (Å²) in [4.78, 5) is 27.3. The quantitative estimate of drug-likeness (QED) is 0.828. The lowest BCUT2D eigenvalue weighted by molar-refractivity contribution is -0.146. The van der Waals surface area contributed by atoms with Crippen LogP contribution in [0.15, 0.2) is 0 Å². The maximum atomic E-state index is 12.9. The normalized spacial score (nSPS) is 37.1. The van der Waals surface area contributed by atoms with Gasteiger partial charge in [0.25, 0.3) is 0 Å². The smallest absolute Gasteiger partial charge is 0.226 e. The third-order valence-corrected chi connectivity index (χ3v) is 7.66. The molecule has 0 unspecified atom stereocenters. The first-order valence-corrected chi connectivity index (χ1v) is 10.6. The number of amides is 2. The zero-order valence-electron chi connectivity index (χ0n) is 15.8. The van der Waals surface area contributed by atoms with Crippen molar-refractivity contribution in [2.24, 2.45) is 23.2 Å². The molecule has 0 atom stereocenters. The predicted octanol–water partition coefficient (Wildman–Crippen LogP) is 3.50. The van der Waals surface area contributed by atoms with E-state index in [1.54, 1.807) is 0 Å². The molecule has 0 aromatic carbocycles. The minimum atomic E-state index is -0.0902. The highest BCUT2D eigenvalue weighted by Crippen LogP contribution is 2.60.